The van der Waals surface area contributed by atoms with Gasteiger partial charge in [0.15, 0.2) is 22.5 Å². The van der Waals surface area contributed by atoms with Gasteiger partial charge in [0.25, 0.3) is 5.92 Å². The molecule has 2 N–H and O–H groups in total. The van der Waals surface area contributed by atoms with Crippen LogP contribution in [0.15, 0.2) is 40.0 Å². The average molecular weight is 546 g/mol. The zero-order valence-electron chi connectivity index (χ0n) is 18.7. The molecule has 1 aromatic heterocycles. The highest BCUT2D eigenvalue weighted by Crippen LogP contribution is 2.40. The van der Waals surface area contributed by atoms with Gasteiger partial charge >= 0.3 is 5.97 Å². The fraction of sp³-hybridized carbons (Fsp3) is 0.409. The summed E-state index contributed by atoms with van der Waals surface area (Å²) in [6.45, 7) is 0.930. The van der Waals surface area contributed by atoms with Gasteiger partial charge in [-0.25, -0.2) is 27.3 Å². The lowest BCUT2D eigenvalue weighted by Crippen LogP contribution is -2.43. The Morgan fingerprint density at radius 3 is 2.92 bits per heavy atom. The molecule has 1 aromatic carbocycles. The minimum atomic E-state index is -3.07. The van der Waals surface area contributed by atoms with Gasteiger partial charge in [0.05, 0.1) is 36.4 Å². The molecule has 14 heteroatoms. The van der Waals surface area contributed by atoms with E-state index < -0.39 is 53.2 Å². The number of carbonyl (C=O) groups excluding carboxylic acids is 1. The Labute approximate surface area is 211 Å². The third-order valence-electron chi connectivity index (χ3n) is 6.16. The van der Waals surface area contributed by atoms with Crippen LogP contribution in [0.25, 0.3) is 0 Å². The standard InChI is InChI=1S/C22H20ClF4N5O3S/c1-2-34-21(33)14-12(7-32-9-22(26,27)18-13(32)8-35-31-18)29-19(20-28-5-6-36-20)30-17(14)10-3-4-11(24)16(25)15(10)23/h3-6,13,17-18,31H,2,7-9H2,1H3,(H,29,30)/t13-,17-,18+/m0/s1. The molecule has 0 radical (unpaired) electrons. The van der Waals surface area contributed by atoms with Gasteiger partial charge < -0.3 is 10.1 Å². The fourth-order valence-electron chi connectivity index (χ4n) is 4.54. The molecule has 2 aromatic rings. The van der Waals surface area contributed by atoms with Gasteiger partial charge in [-0.15, -0.1) is 11.3 Å². The summed E-state index contributed by atoms with van der Waals surface area (Å²) in [5.74, 6) is -6.10. The van der Waals surface area contributed by atoms with Gasteiger partial charge in [-0.2, -0.15) is 5.48 Å². The first kappa shape index (κ1) is 25.1. The molecule has 0 spiro atoms. The molecule has 3 aliphatic rings. The van der Waals surface area contributed by atoms with Crippen molar-refractivity contribution in [3.63, 3.8) is 0 Å². The molecule has 36 heavy (non-hydrogen) atoms. The monoisotopic (exact) mass is 545 g/mol. The van der Waals surface area contributed by atoms with Crippen LogP contribution in [0.3, 0.4) is 0 Å². The number of aromatic nitrogens is 1. The maximum absolute atomic E-state index is 14.6. The number of hydroxylamine groups is 1. The van der Waals surface area contributed by atoms with Gasteiger partial charge in [0.1, 0.15) is 12.1 Å². The van der Waals surface area contributed by atoms with E-state index in [4.69, 9.17) is 21.2 Å². The summed E-state index contributed by atoms with van der Waals surface area (Å²) in [5, 5.41) is 4.64. The first-order valence-electron chi connectivity index (χ1n) is 11.0. The van der Waals surface area contributed by atoms with Crippen molar-refractivity contribution in [1.29, 1.82) is 0 Å². The van der Waals surface area contributed by atoms with E-state index in [1.54, 1.807) is 18.5 Å². The average Bonchev–Trinajstić information content (AvgIpc) is 3.58. The summed E-state index contributed by atoms with van der Waals surface area (Å²) in [6.07, 6.45) is 1.54. The number of nitrogens with one attached hydrogen (secondary N) is 2. The number of amidine groups is 1. The van der Waals surface area contributed by atoms with Crippen molar-refractivity contribution in [2.24, 2.45) is 4.99 Å². The molecule has 2 saturated heterocycles. The van der Waals surface area contributed by atoms with E-state index in [9.17, 15) is 22.4 Å². The highest BCUT2D eigenvalue weighted by molar-refractivity contribution is 7.11. The largest absolute Gasteiger partial charge is 0.463 e. The second-order valence-corrected chi connectivity index (χ2v) is 9.63. The van der Waals surface area contributed by atoms with Crippen LogP contribution in [0.4, 0.5) is 17.6 Å². The van der Waals surface area contributed by atoms with E-state index in [1.807, 2.05) is 0 Å². The summed E-state index contributed by atoms with van der Waals surface area (Å²) < 4.78 is 62.7. The Hall–Kier alpha value is -2.58. The highest BCUT2D eigenvalue weighted by Gasteiger charge is 2.57. The molecule has 0 amide bonds. The quantitative estimate of drug-likeness (QED) is 0.327. The molecule has 0 bridgehead atoms. The van der Waals surface area contributed by atoms with E-state index in [-0.39, 0.29) is 42.4 Å². The minimum absolute atomic E-state index is 0.0150. The van der Waals surface area contributed by atoms with Crippen LogP contribution in [0, 0.1) is 11.6 Å². The number of alkyl halides is 2. The number of esters is 1. The van der Waals surface area contributed by atoms with Crippen molar-refractivity contribution in [3.05, 3.63) is 62.2 Å². The number of benzene rings is 1. The van der Waals surface area contributed by atoms with E-state index in [2.05, 4.69) is 20.8 Å². The zero-order chi connectivity index (χ0) is 25.6. The number of hydrogen-bond donors (Lipinski definition) is 2. The predicted octanol–water partition coefficient (Wildman–Crippen LogP) is 3.21. The molecule has 0 unspecified atom stereocenters. The van der Waals surface area contributed by atoms with E-state index in [1.165, 1.54) is 22.3 Å². The van der Waals surface area contributed by atoms with Crippen molar-refractivity contribution in [1.82, 2.24) is 20.7 Å². The van der Waals surface area contributed by atoms with Crippen molar-refractivity contribution in [3.8, 4) is 0 Å². The number of carbonyl (C=O) groups is 1. The van der Waals surface area contributed by atoms with Gasteiger partial charge in [0, 0.05) is 29.4 Å². The summed E-state index contributed by atoms with van der Waals surface area (Å²) >= 11 is 7.40. The molecule has 4 heterocycles. The number of nitrogens with zero attached hydrogens (tertiary/aromatic N) is 3. The van der Waals surface area contributed by atoms with Crippen molar-refractivity contribution in [2.45, 2.75) is 31.0 Å². The molecule has 3 aliphatic heterocycles. The minimum Gasteiger partial charge on any atom is -0.463 e. The van der Waals surface area contributed by atoms with Crippen molar-refractivity contribution in [2.75, 3.05) is 26.3 Å². The Balaban J connectivity index is 1.63. The second kappa shape index (κ2) is 9.71. The number of halogens is 5. The Morgan fingerprint density at radius 1 is 1.39 bits per heavy atom. The maximum Gasteiger partial charge on any atom is 0.338 e. The number of hydrogen-bond acceptors (Lipinski definition) is 9. The van der Waals surface area contributed by atoms with Crippen LogP contribution in [-0.4, -0.2) is 66.0 Å². The number of thiazole rings is 1. The highest BCUT2D eigenvalue weighted by atomic mass is 35.5. The molecule has 0 saturated carbocycles. The summed E-state index contributed by atoms with van der Waals surface area (Å²) in [5.41, 5.74) is 2.54. The Morgan fingerprint density at radius 2 is 2.19 bits per heavy atom. The summed E-state index contributed by atoms with van der Waals surface area (Å²) in [6, 6.07) is -0.974. The SMILES string of the molecule is CCOC(=O)C1=C(CN2CC(F)(F)[C@@H]3NOC[C@@H]32)NC(c2nccs2)=N[C@H]1c1ccc(F)c(F)c1Cl. The van der Waals surface area contributed by atoms with Crippen LogP contribution in [0.5, 0.6) is 0 Å². The Kier molecular flexibility index (Phi) is 6.76. The van der Waals surface area contributed by atoms with Gasteiger partial charge in [0.2, 0.25) is 0 Å². The smallest absolute Gasteiger partial charge is 0.338 e. The topological polar surface area (TPSA) is 88.1 Å². The van der Waals surface area contributed by atoms with E-state index in [0.717, 1.165) is 6.07 Å². The van der Waals surface area contributed by atoms with Crippen LogP contribution in [-0.2, 0) is 14.4 Å². The van der Waals surface area contributed by atoms with E-state index in [0.29, 0.717) is 5.01 Å². The predicted molar refractivity (Wildman–Crippen MR) is 123 cm³/mol. The summed E-state index contributed by atoms with van der Waals surface area (Å²) in [7, 11) is 0. The van der Waals surface area contributed by atoms with Crippen LogP contribution >= 0.6 is 22.9 Å². The Bertz CT molecular complexity index is 1240. The zero-order valence-corrected chi connectivity index (χ0v) is 20.3. The van der Waals surface area contributed by atoms with Crippen molar-refractivity contribution < 1.29 is 31.9 Å². The fourth-order valence-corrected chi connectivity index (χ4v) is 5.38. The normalized spacial score (nSPS) is 25.5. The number of aliphatic imine (C=N–C) groups is 1. The number of ether oxygens (including phenoxy) is 1. The lowest BCUT2D eigenvalue weighted by molar-refractivity contribution is -0.139. The molecule has 5 rings (SSSR count). The summed E-state index contributed by atoms with van der Waals surface area (Å²) in [4.78, 5) is 28.5. The number of fused-ring (bicyclic) bond motifs is 1. The van der Waals surface area contributed by atoms with Crippen LogP contribution < -0.4 is 10.8 Å². The van der Waals surface area contributed by atoms with Gasteiger partial charge in [-0.3, -0.25) is 14.7 Å². The molecular formula is C22H20ClF4N5O3S. The lowest BCUT2D eigenvalue weighted by atomic mass is 9.95. The van der Waals surface area contributed by atoms with Crippen LogP contribution in [0.1, 0.15) is 23.5 Å². The molecule has 0 aliphatic carbocycles. The number of rotatable bonds is 6. The lowest BCUT2D eigenvalue weighted by Gasteiger charge is -2.30. The number of likely N-dealkylation sites (tertiary alicyclic amines) is 1. The van der Waals surface area contributed by atoms with E-state index >= 15 is 0 Å². The third-order valence-corrected chi connectivity index (χ3v) is 7.33. The second-order valence-electron chi connectivity index (χ2n) is 8.36. The molecule has 2 fully saturated rings. The third kappa shape index (κ3) is 4.39. The first-order valence-corrected chi connectivity index (χ1v) is 12.2. The molecule has 192 valence electrons. The molecular weight excluding hydrogens is 526 g/mol. The maximum atomic E-state index is 14.6. The first-order chi connectivity index (χ1) is 17.2. The van der Waals surface area contributed by atoms with Gasteiger partial charge in [-0.1, -0.05) is 17.7 Å². The molecule has 8 nitrogen and oxygen atoms in total. The van der Waals surface area contributed by atoms with Crippen LogP contribution in [0.2, 0.25) is 5.02 Å². The van der Waals surface area contributed by atoms with Gasteiger partial charge in [-0.05, 0) is 13.0 Å². The van der Waals surface area contributed by atoms with Crippen molar-refractivity contribution >= 4 is 34.7 Å². The molecule has 3 atom stereocenters.